The van der Waals surface area contributed by atoms with Gasteiger partial charge >= 0.3 is 6.03 Å². The maximum absolute atomic E-state index is 14.8. The van der Waals surface area contributed by atoms with Crippen LogP contribution in [-0.2, 0) is 21.5 Å². The van der Waals surface area contributed by atoms with Crippen molar-refractivity contribution in [1.29, 1.82) is 0 Å². The number of imide groups is 1. The molecule has 1 atom stereocenters. The van der Waals surface area contributed by atoms with Crippen molar-refractivity contribution in [2.24, 2.45) is 11.3 Å². The number of halogens is 1. The van der Waals surface area contributed by atoms with E-state index in [1.807, 2.05) is 0 Å². The highest BCUT2D eigenvalue weighted by Crippen LogP contribution is 2.60. The Morgan fingerprint density at radius 1 is 1.21 bits per heavy atom. The van der Waals surface area contributed by atoms with Gasteiger partial charge in [0.2, 0.25) is 0 Å². The summed E-state index contributed by atoms with van der Waals surface area (Å²) in [7, 11) is 3.22. The summed E-state index contributed by atoms with van der Waals surface area (Å²) in [5.41, 5.74) is 0.235. The van der Waals surface area contributed by atoms with Gasteiger partial charge in [-0.25, -0.2) is 9.18 Å². The molecule has 1 unspecified atom stereocenters. The fourth-order valence-corrected chi connectivity index (χ4v) is 5.51. The first-order valence-corrected chi connectivity index (χ1v) is 10.4. The summed E-state index contributed by atoms with van der Waals surface area (Å²) in [4.78, 5) is 27.2. The SMILES string of the molecule is COC1CCC2(CC1)Cc1cc(F)c(C#CC3CC3)cc1C21NC(=O)N(C)C1=O. The van der Waals surface area contributed by atoms with Gasteiger partial charge in [-0.2, -0.15) is 0 Å². The maximum Gasteiger partial charge on any atom is 0.325 e. The van der Waals surface area contributed by atoms with Crippen molar-refractivity contribution in [2.45, 2.75) is 56.6 Å². The van der Waals surface area contributed by atoms with Crippen LogP contribution in [0.25, 0.3) is 0 Å². The lowest BCUT2D eigenvalue weighted by Crippen LogP contribution is -2.56. The van der Waals surface area contributed by atoms with E-state index in [9.17, 15) is 14.0 Å². The van der Waals surface area contributed by atoms with Gasteiger partial charge in [0.1, 0.15) is 5.82 Å². The third-order valence-electron chi connectivity index (χ3n) is 7.36. The highest BCUT2D eigenvalue weighted by atomic mass is 19.1. The van der Waals surface area contributed by atoms with E-state index in [2.05, 4.69) is 17.2 Å². The zero-order valence-electron chi connectivity index (χ0n) is 16.8. The molecule has 1 heterocycles. The summed E-state index contributed by atoms with van der Waals surface area (Å²) >= 11 is 0. The molecule has 1 N–H and O–H groups in total. The third-order valence-corrected chi connectivity index (χ3v) is 7.36. The lowest BCUT2D eigenvalue weighted by Gasteiger charge is -2.46. The van der Waals surface area contributed by atoms with E-state index in [-0.39, 0.29) is 17.8 Å². The average molecular weight is 396 g/mol. The summed E-state index contributed by atoms with van der Waals surface area (Å²) in [6.45, 7) is 0. The van der Waals surface area contributed by atoms with Crippen LogP contribution in [-0.4, -0.2) is 37.1 Å². The quantitative estimate of drug-likeness (QED) is 0.586. The van der Waals surface area contributed by atoms with E-state index in [1.54, 1.807) is 13.2 Å². The Morgan fingerprint density at radius 2 is 1.93 bits per heavy atom. The second kappa shape index (κ2) is 6.30. The normalized spacial score (nSPS) is 33.1. The van der Waals surface area contributed by atoms with Crippen LogP contribution in [0.15, 0.2) is 12.1 Å². The Morgan fingerprint density at radius 3 is 2.52 bits per heavy atom. The molecule has 1 saturated heterocycles. The number of likely N-dealkylation sites (N-methyl/N-ethyl adjacent to an activating group) is 1. The smallest absolute Gasteiger partial charge is 0.325 e. The molecular weight excluding hydrogens is 371 g/mol. The summed E-state index contributed by atoms with van der Waals surface area (Å²) in [6.07, 6.45) is 5.97. The van der Waals surface area contributed by atoms with E-state index in [0.29, 0.717) is 17.9 Å². The minimum Gasteiger partial charge on any atom is -0.381 e. The summed E-state index contributed by atoms with van der Waals surface area (Å²) in [5, 5.41) is 3.03. The van der Waals surface area contributed by atoms with Crippen molar-refractivity contribution in [2.75, 3.05) is 14.2 Å². The third kappa shape index (κ3) is 2.56. The number of methoxy groups -OCH3 is 1. The Bertz CT molecular complexity index is 966. The number of carbonyl (C=O) groups excluding carboxylic acids is 2. The Kier molecular flexibility index (Phi) is 4.05. The van der Waals surface area contributed by atoms with Crippen LogP contribution in [0.1, 0.15) is 55.2 Å². The van der Waals surface area contributed by atoms with Crippen LogP contribution in [0.5, 0.6) is 0 Å². The van der Waals surface area contributed by atoms with E-state index >= 15 is 0 Å². The number of carbonyl (C=O) groups is 2. The van der Waals surface area contributed by atoms with Gasteiger partial charge in [0.15, 0.2) is 5.54 Å². The predicted octanol–water partition coefficient (Wildman–Crippen LogP) is 3.10. The Balaban J connectivity index is 1.65. The van der Waals surface area contributed by atoms with Crippen LogP contribution in [0.3, 0.4) is 0 Å². The monoisotopic (exact) mass is 396 g/mol. The molecule has 5 rings (SSSR count). The van der Waals surface area contributed by atoms with Gasteiger partial charge in [0.05, 0.1) is 11.7 Å². The first kappa shape index (κ1) is 18.6. The number of hydrogen-bond donors (Lipinski definition) is 1. The van der Waals surface area contributed by atoms with Gasteiger partial charge < -0.3 is 10.1 Å². The second-order valence-electron chi connectivity index (χ2n) is 8.97. The number of fused-ring (bicyclic) bond motifs is 3. The molecule has 5 nitrogen and oxygen atoms in total. The van der Waals surface area contributed by atoms with Crippen molar-refractivity contribution in [3.05, 3.63) is 34.6 Å². The minimum atomic E-state index is -1.14. The molecule has 6 heteroatoms. The largest absolute Gasteiger partial charge is 0.381 e. The highest BCUT2D eigenvalue weighted by molar-refractivity contribution is 6.08. The van der Waals surface area contributed by atoms with Crippen LogP contribution in [0, 0.1) is 29.0 Å². The van der Waals surface area contributed by atoms with Crippen LogP contribution >= 0.6 is 0 Å². The molecule has 4 aliphatic rings. The second-order valence-corrected chi connectivity index (χ2v) is 8.97. The molecule has 1 aromatic rings. The van der Waals surface area contributed by atoms with Crippen LogP contribution in [0.4, 0.5) is 9.18 Å². The predicted molar refractivity (Wildman–Crippen MR) is 104 cm³/mol. The molecule has 2 spiro atoms. The van der Waals surface area contributed by atoms with Gasteiger partial charge in [-0.15, -0.1) is 0 Å². The fourth-order valence-electron chi connectivity index (χ4n) is 5.51. The highest BCUT2D eigenvalue weighted by Gasteiger charge is 2.67. The topological polar surface area (TPSA) is 58.6 Å². The van der Waals surface area contributed by atoms with E-state index in [4.69, 9.17) is 4.74 Å². The number of urea groups is 1. The average Bonchev–Trinajstić information content (AvgIpc) is 3.47. The molecule has 29 heavy (non-hydrogen) atoms. The van der Waals surface area contributed by atoms with Gasteiger partial charge in [0.25, 0.3) is 5.91 Å². The number of amides is 3. The van der Waals surface area contributed by atoms with Crippen molar-refractivity contribution >= 4 is 11.9 Å². The number of nitrogens with one attached hydrogen (secondary N) is 1. The molecule has 152 valence electrons. The molecule has 2 saturated carbocycles. The molecule has 3 aliphatic carbocycles. The first-order chi connectivity index (χ1) is 13.9. The zero-order chi connectivity index (χ0) is 20.4. The molecule has 1 aromatic carbocycles. The van der Waals surface area contributed by atoms with Gasteiger partial charge in [-0.05, 0) is 68.2 Å². The number of rotatable bonds is 1. The van der Waals surface area contributed by atoms with Crippen LogP contribution < -0.4 is 5.32 Å². The zero-order valence-corrected chi connectivity index (χ0v) is 16.8. The fraction of sp³-hybridized carbons (Fsp3) is 0.565. The molecule has 3 amide bonds. The molecular formula is C23H25FN2O3. The van der Waals surface area contributed by atoms with Crippen molar-refractivity contribution in [1.82, 2.24) is 10.2 Å². The minimum absolute atomic E-state index is 0.156. The lowest BCUT2D eigenvalue weighted by molar-refractivity contribution is -0.137. The van der Waals surface area contributed by atoms with Crippen LogP contribution in [0.2, 0.25) is 0 Å². The first-order valence-electron chi connectivity index (χ1n) is 10.4. The molecule has 1 aliphatic heterocycles. The summed E-state index contributed by atoms with van der Waals surface area (Å²) < 4.78 is 20.3. The molecule has 0 aromatic heterocycles. The summed E-state index contributed by atoms with van der Waals surface area (Å²) in [6, 6.07) is 2.85. The Labute approximate surface area is 170 Å². The van der Waals surface area contributed by atoms with E-state index in [0.717, 1.165) is 54.6 Å². The van der Waals surface area contributed by atoms with Gasteiger partial charge in [-0.1, -0.05) is 11.8 Å². The molecule has 0 bridgehead atoms. The molecule has 0 radical (unpaired) electrons. The standard InChI is InChI=1S/C23H25FN2O3/c1-26-20(27)23(25-21(26)28)18-11-15(6-5-14-3-4-14)19(24)12-16(18)13-22(23)9-7-17(29-2)8-10-22/h11-12,14,17H,3-4,7-10,13H2,1-2H3,(H,25,28). The lowest BCUT2D eigenvalue weighted by atomic mass is 9.61. The molecule has 3 fully saturated rings. The summed E-state index contributed by atoms with van der Waals surface area (Å²) in [5.74, 6) is 5.84. The number of nitrogens with zero attached hydrogens (tertiary/aromatic N) is 1. The Hall–Kier alpha value is -2.39. The van der Waals surface area contributed by atoms with Crippen molar-refractivity contribution < 1.29 is 18.7 Å². The van der Waals surface area contributed by atoms with Gasteiger partial charge in [0, 0.05) is 25.5 Å². The van der Waals surface area contributed by atoms with Crippen molar-refractivity contribution in [3.63, 3.8) is 0 Å². The number of benzene rings is 1. The van der Waals surface area contributed by atoms with E-state index < -0.39 is 17.0 Å². The number of ether oxygens (including phenoxy) is 1. The maximum atomic E-state index is 14.8. The van der Waals surface area contributed by atoms with Gasteiger partial charge in [-0.3, -0.25) is 9.69 Å². The number of hydrogen-bond acceptors (Lipinski definition) is 3. The van der Waals surface area contributed by atoms with E-state index in [1.165, 1.54) is 13.1 Å². The van der Waals surface area contributed by atoms with Crippen molar-refractivity contribution in [3.8, 4) is 11.8 Å².